The average molecular weight is 238 g/mol. The fraction of sp³-hybridized carbons (Fsp3) is 0.700. The molecule has 3 rings (SSSR count). The third-order valence-corrected chi connectivity index (χ3v) is 3.80. The van der Waals surface area contributed by atoms with Crippen LogP contribution in [0.5, 0.6) is 0 Å². The maximum absolute atomic E-state index is 12.1. The SMILES string of the molecule is Cc1nsc(N2CCC(NC3CC3)C2=O)n1. The van der Waals surface area contributed by atoms with Crippen molar-refractivity contribution in [2.45, 2.75) is 38.3 Å². The third kappa shape index (κ3) is 1.82. The molecule has 1 saturated heterocycles. The number of nitrogens with one attached hydrogen (secondary N) is 1. The van der Waals surface area contributed by atoms with E-state index in [0.717, 1.165) is 23.9 Å². The minimum absolute atomic E-state index is 0.00305. The number of aryl methyl sites for hydroxylation is 1. The van der Waals surface area contributed by atoms with Gasteiger partial charge in [-0.1, -0.05) is 0 Å². The summed E-state index contributed by atoms with van der Waals surface area (Å²) in [6.45, 7) is 2.61. The van der Waals surface area contributed by atoms with Crippen LogP contribution in [0.4, 0.5) is 5.13 Å². The highest BCUT2D eigenvalue weighted by molar-refractivity contribution is 7.09. The van der Waals surface area contributed by atoms with Crippen molar-refractivity contribution in [1.29, 1.82) is 0 Å². The first-order chi connectivity index (χ1) is 7.74. The number of hydrogen-bond acceptors (Lipinski definition) is 5. The van der Waals surface area contributed by atoms with Gasteiger partial charge in [0.1, 0.15) is 5.82 Å². The van der Waals surface area contributed by atoms with Crippen LogP contribution in [-0.4, -0.2) is 33.9 Å². The topological polar surface area (TPSA) is 58.1 Å². The molecule has 16 heavy (non-hydrogen) atoms. The molecule has 0 bridgehead atoms. The number of anilines is 1. The molecule has 6 heteroatoms. The Bertz CT molecular complexity index is 415. The summed E-state index contributed by atoms with van der Waals surface area (Å²) in [5, 5.41) is 4.11. The van der Waals surface area contributed by atoms with Crippen LogP contribution >= 0.6 is 11.5 Å². The number of amides is 1. The molecule has 2 heterocycles. The van der Waals surface area contributed by atoms with Gasteiger partial charge in [-0.2, -0.15) is 4.37 Å². The Labute approximate surface area is 98.0 Å². The van der Waals surface area contributed by atoms with Crippen LogP contribution in [0.2, 0.25) is 0 Å². The van der Waals surface area contributed by atoms with Crippen molar-refractivity contribution in [3.63, 3.8) is 0 Å². The lowest BCUT2D eigenvalue weighted by atomic mass is 10.2. The van der Waals surface area contributed by atoms with Gasteiger partial charge < -0.3 is 5.32 Å². The summed E-state index contributed by atoms with van der Waals surface area (Å²) in [5.41, 5.74) is 0. The van der Waals surface area contributed by atoms with E-state index in [0.29, 0.717) is 6.04 Å². The Morgan fingerprint density at radius 1 is 1.44 bits per heavy atom. The molecular formula is C10H14N4OS. The molecule has 1 aliphatic carbocycles. The van der Waals surface area contributed by atoms with E-state index < -0.39 is 0 Å². The Hall–Kier alpha value is -1.01. The van der Waals surface area contributed by atoms with Crippen LogP contribution in [-0.2, 0) is 4.79 Å². The van der Waals surface area contributed by atoms with Gasteiger partial charge in [0.2, 0.25) is 11.0 Å². The van der Waals surface area contributed by atoms with Crippen molar-refractivity contribution in [3.8, 4) is 0 Å². The summed E-state index contributed by atoms with van der Waals surface area (Å²) in [6, 6.07) is 0.571. The van der Waals surface area contributed by atoms with E-state index in [4.69, 9.17) is 0 Å². The molecule has 86 valence electrons. The minimum atomic E-state index is -0.00305. The largest absolute Gasteiger partial charge is 0.303 e. The molecule has 0 spiro atoms. The van der Waals surface area contributed by atoms with E-state index in [2.05, 4.69) is 14.7 Å². The van der Waals surface area contributed by atoms with Gasteiger partial charge in [0.15, 0.2) is 0 Å². The Balaban J connectivity index is 1.71. The summed E-state index contributed by atoms with van der Waals surface area (Å²) in [5.74, 6) is 0.898. The molecule has 2 aliphatic rings. The Morgan fingerprint density at radius 2 is 2.25 bits per heavy atom. The first-order valence-electron chi connectivity index (χ1n) is 5.62. The van der Waals surface area contributed by atoms with Gasteiger partial charge in [-0.15, -0.1) is 0 Å². The molecule has 1 unspecified atom stereocenters. The Morgan fingerprint density at radius 3 is 2.88 bits per heavy atom. The normalized spacial score (nSPS) is 25.4. The van der Waals surface area contributed by atoms with Crippen LogP contribution in [0.15, 0.2) is 0 Å². The molecule has 1 amide bonds. The summed E-state index contributed by atoms with van der Waals surface area (Å²) < 4.78 is 4.11. The van der Waals surface area contributed by atoms with E-state index in [1.54, 1.807) is 4.90 Å². The second-order valence-corrected chi connectivity index (χ2v) is 5.13. The molecule has 1 N–H and O–H groups in total. The minimum Gasteiger partial charge on any atom is -0.303 e. The molecule has 0 aromatic carbocycles. The van der Waals surface area contributed by atoms with Gasteiger partial charge in [-0.3, -0.25) is 9.69 Å². The highest BCUT2D eigenvalue weighted by atomic mass is 32.1. The van der Waals surface area contributed by atoms with Crippen molar-refractivity contribution in [1.82, 2.24) is 14.7 Å². The van der Waals surface area contributed by atoms with Crippen LogP contribution in [0.25, 0.3) is 0 Å². The predicted molar refractivity (Wildman–Crippen MR) is 61.6 cm³/mol. The monoisotopic (exact) mass is 238 g/mol. The third-order valence-electron chi connectivity index (χ3n) is 2.97. The van der Waals surface area contributed by atoms with E-state index >= 15 is 0 Å². The molecule has 2 fully saturated rings. The van der Waals surface area contributed by atoms with Crippen molar-refractivity contribution in [3.05, 3.63) is 5.82 Å². The highest BCUT2D eigenvalue weighted by Crippen LogP contribution is 2.26. The second kappa shape index (κ2) is 3.78. The molecule has 1 aliphatic heterocycles. The number of hydrogen-bond donors (Lipinski definition) is 1. The lowest BCUT2D eigenvalue weighted by Crippen LogP contribution is -2.39. The summed E-state index contributed by atoms with van der Waals surface area (Å²) in [7, 11) is 0. The summed E-state index contributed by atoms with van der Waals surface area (Å²) in [6.07, 6.45) is 3.30. The quantitative estimate of drug-likeness (QED) is 0.842. The van der Waals surface area contributed by atoms with Gasteiger partial charge in [-0.25, -0.2) is 4.98 Å². The summed E-state index contributed by atoms with van der Waals surface area (Å²) >= 11 is 1.30. The summed E-state index contributed by atoms with van der Waals surface area (Å²) in [4.78, 5) is 18.1. The molecule has 1 aromatic rings. The lowest BCUT2D eigenvalue weighted by molar-refractivity contribution is -0.118. The first kappa shape index (κ1) is 10.2. The Kier molecular flexibility index (Phi) is 2.40. The predicted octanol–water partition coefficient (Wildman–Crippen LogP) is 0.704. The van der Waals surface area contributed by atoms with E-state index in [-0.39, 0.29) is 11.9 Å². The highest BCUT2D eigenvalue weighted by Gasteiger charge is 2.37. The molecule has 0 radical (unpaired) electrons. The van der Waals surface area contributed by atoms with Gasteiger partial charge in [0.05, 0.1) is 6.04 Å². The number of nitrogens with zero attached hydrogens (tertiary/aromatic N) is 3. The van der Waals surface area contributed by atoms with Crippen molar-refractivity contribution in [2.75, 3.05) is 11.4 Å². The zero-order valence-electron chi connectivity index (χ0n) is 9.14. The standard InChI is InChI=1S/C10H14N4OS/c1-6-11-10(16-13-6)14-5-4-8(9(14)15)12-7-2-3-7/h7-8,12H,2-5H2,1H3. The van der Waals surface area contributed by atoms with Crippen molar-refractivity contribution >= 4 is 22.6 Å². The van der Waals surface area contributed by atoms with Crippen LogP contribution in [0, 0.1) is 6.92 Å². The number of carbonyl (C=O) groups excluding carboxylic acids is 1. The molecule has 5 nitrogen and oxygen atoms in total. The fourth-order valence-electron chi connectivity index (χ4n) is 1.95. The maximum atomic E-state index is 12.1. The average Bonchev–Trinajstić information content (AvgIpc) is 2.87. The van der Waals surface area contributed by atoms with E-state index in [1.165, 1.54) is 24.4 Å². The number of rotatable bonds is 3. The zero-order valence-corrected chi connectivity index (χ0v) is 9.96. The van der Waals surface area contributed by atoms with Crippen molar-refractivity contribution in [2.24, 2.45) is 0 Å². The smallest absolute Gasteiger partial charge is 0.246 e. The molecular weight excluding hydrogens is 224 g/mol. The fourth-order valence-corrected chi connectivity index (χ4v) is 2.66. The van der Waals surface area contributed by atoms with Crippen LogP contribution in [0.3, 0.4) is 0 Å². The molecule has 1 aromatic heterocycles. The van der Waals surface area contributed by atoms with Gasteiger partial charge in [0.25, 0.3) is 0 Å². The number of aromatic nitrogens is 2. The van der Waals surface area contributed by atoms with E-state index in [1.807, 2.05) is 6.92 Å². The molecule has 1 atom stereocenters. The first-order valence-corrected chi connectivity index (χ1v) is 6.39. The molecule has 1 saturated carbocycles. The van der Waals surface area contributed by atoms with E-state index in [9.17, 15) is 4.79 Å². The maximum Gasteiger partial charge on any atom is 0.246 e. The van der Waals surface area contributed by atoms with Crippen LogP contribution < -0.4 is 10.2 Å². The van der Waals surface area contributed by atoms with Gasteiger partial charge in [-0.05, 0) is 26.2 Å². The van der Waals surface area contributed by atoms with Crippen LogP contribution in [0.1, 0.15) is 25.1 Å². The second-order valence-electron chi connectivity index (χ2n) is 4.40. The zero-order chi connectivity index (χ0) is 11.1. The lowest BCUT2D eigenvalue weighted by Gasteiger charge is -2.13. The van der Waals surface area contributed by atoms with Gasteiger partial charge in [0, 0.05) is 24.1 Å². The number of carbonyl (C=O) groups is 1. The van der Waals surface area contributed by atoms with Crippen molar-refractivity contribution < 1.29 is 4.79 Å². The van der Waals surface area contributed by atoms with Gasteiger partial charge >= 0.3 is 0 Å².